The molecule has 0 saturated carbocycles. The molecule has 0 spiro atoms. The molecule has 0 amide bonds. The molecule has 0 atom stereocenters. The molecule has 0 aliphatic rings. The zero-order valence-electron chi connectivity index (χ0n) is 9.98. The molecule has 0 aliphatic heterocycles. The molecule has 1 heteroatoms. The van der Waals surface area contributed by atoms with Gasteiger partial charge in [-0.25, -0.2) is 0 Å². The molecule has 0 bridgehead atoms. The topological polar surface area (TPSA) is 3.24 Å². The molecule has 0 radical (unpaired) electrons. The van der Waals surface area contributed by atoms with Gasteiger partial charge in [-0.05, 0) is 40.5 Å². The second-order valence-electron chi connectivity index (χ2n) is 4.58. The van der Waals surface area contributed by atoms with E-state index in [2.05, 4.69) is 46.1 Å². The van der Waals surface area contributed by atoms with E-state index in [9.17, 15) is 0 Å². The molecule has 0 rings (SSSR count). The van der Waals surface area contributed by atoms with Crippen molar-refractivity contribution in [1.29, 1.82) is 0 Å². The Kier molecular flexibility index (Phi) is 5.12. The van der Waals surface area contributed by atoms with Gasteiger partial charge in [0.1, 0.15) is 0 Å². The summed E-state index contributed by atoms with van der Waals surface area (Å²) in [4.78, 5) is 2.39. The van der Waals surface area contributed by atoms with Crippen LogP contribution in [0.3, 0.4) is 0 Å². The summed E-state index contributed by atoms with van der Waals surface area (Å²) < 4.78 is 0. The molecule has 0 saturated heterocycles. The Hall–Kier alpha value is -0.460. The van der Waals surface area contributed by atoms with Crippen LogP contribution in [0.1, 0.15) is 53.9 Å². The van der Waals surface area contributed by atoms with Gasteiger partial charge >= 0.3 is 0 Å². The quantitative estimate of drug-likeness (QED) is 0.626. The van der Waals surface area contributed by atoms with Gasteiger partial charge in [-0.2, -0.15) is 0 Å². The fraction of sp³-hybridized carbons (Fsp3) is 0.833. The summed E-state index contributed by atoms with van der Waals surface area (Å²) in [5.74, 6) is 0. The molecule has 78 valence electrons. The Balaban J connectivity index is 4.16. The second-order valence-corrected chi connectivity index (χ2v) is 4.58. The van der Waals surface area contributed by atoms with E-state index in [1.807, 2.05) is 0 Å². The van der Waals surface area contributed by atoms with E-state index in [0.29, 0.717) is 0 Å². The SMILES string of the molecule is C=C(CCCC)N(CC)C(C)(C)C. The van der Waals surface area contributed by atoms with Crippen molar-refractivity contribution in [3.8, 4) is 0 Å². The number of hydrogen-bond acceptors (Lipinski definition) is 1. The van der Waals surface area contributed by atoms with Crippen molar-refractivity contribution in [2.45, 2.75) is 59.4 Å². The van der Waals surface area contributed by atoms with Crippen molar-refractivity contribution >= 4 is 0 Å². The highest BCUT2D eigenvalue weighted by atomic mass is 15.2. The summed E-state index contributed by atoms with van der Waals surface area (Å²) in [5.41, 5.74) is 1.51. The number of rotatable bonds is 5. The lowest BCUT2D eigenvalue weighted by Gasteiger charge is -2.38. The van der Waals surface area contributed by atoms with Crippen LogP contribution in [-0.4, -0.2) is 17.0 Å². The van der Waals surface area contributed by atoms with E-state index in [4.69, 9.17) is 0 Å². The maximum absolute atomic E-state index is 4.16. The molecule has 0 heterocycles. The highest BCUT2D eigenvalue weighted by Crippen LogP contribution is 2.21. The maximum Gasteiger partial charge on any atom is 0.0314 e. The largest absolute Gasteiger partial charge is 0.371 e. The molecular weight excluding hydrogens is 158 g/mol. The number of nitrogens with zero attached hydrogens (tertiary/aromatic N) is 1. The molecule has 0 N–H and O–H groups in total. The van der Waals surface area contributed by atoms with Gasteiger partial charge in [0, 0.05) is 17.8 Å². The van der Waals surface area contributed by atoms with Crippen LogP contribution < -0.4 is 0 Å². The van der Waals surface area contributed by atoms with Crippen molar-refractivity contribution in [1.82, 2.24) is 4.90 Å². The van der Waals surface area contributed by atoms with E-state index in [-0.39, 0.29) is 5.54 Å². The molecule has 1 nitrogen and oxygen atoms in total. The highest BCUT2D eigenvalue weighted by molar-refractivity contribution is 4.98. The minimum Gasteiger partial charge on any atom is -0.371 e. The predicted octanol–water partition coefficient (Wildman–Crippen LogP) is 3.81. The van der Waals surface area contributed by atoms with Crippen LogP contribution >= 0.6 is 0 Å². The third kappa shape index (κ3) is 4.35. The Morgan fingerprint density at radius 2 is 1.77 bits per heavy atom. The zero-order chi connectivity index (χ0) is 10.5. The van der Waals surface area contributed by atoms with Crippen LogP contribution in [0.4, 0.5) is 0 Å². The first kappa shape index (κ1) is 12.5. The molecule has 0 unspecified atom stereocenters. The van der Waals surface area contributed by atoms with Gasteiger partial charge in [0.25, 0.3) is 0 Å². The van der Waals surface area contributed by atoms with E-state index < -0.39 is 0 Å². The zero-order valence-corrected chi connectivity index (χ0v) is 9.98. The summed E-state index contributed by atoms with van der Waals surface area (Å²) >= 11 is 0. The van der Waals surface area contributed by atoms with E-state index >= 15 is 0 Å². The Morgan fingerprint density at radius 1 is 1.23 bits per heavy atom. The third-order valence-electron chi connectivity index (χ3n) is 2.33. The van der Waals surface area contributed by atoms with Crippen molar-refractivity contribution in [2.75, 3.05) is 6.54 Å². The van der Waals surface area contributed by atoms with Crippen LogP contribution in [0.15, 0.2) is 12.3 Å². The highest BCUT2D eigenvalue weighted by Gasteiger charge is 2.19. The standard InChI is InChI=1S/C12H25N/c1-7-9-10-11(3)13(8-2)12(4,5)6/h3,7-10H2,1-2,4-6H3. The fourth-order valence-corrected chi connectivity index (χ4v) is 1.69. The average molecular weight is 183 g/mol. The number of hydrogen-bond donors (Lipinski definition) is 0. The Morgan fingerprint density at radius 3 is 2.08 bits per heavy atom. The maximum atomic E-state index is 4.16. The van der Waals surface area contributed by atoms with Crippen molar-refractivity contribution in [3.05, 3.63) is 12.3 Å². The third-order valence-corrected chi connectivity index (χ3v) is 2.33. The lowest BCUT2D eigenvalue weighted by molar-refractivity contribution is 0.188. The normalized spacial score (nSPS) is 11.5. The first-order valence-corrected chi connectivity index (χ1v) is 5.38. The monoisotopic (exact) mass is 183 g/mol. The molecular formula is C12H25N. The molecule has 0 aliphatic carbocycles. The van der Waals surface area contributed by atoms with Gasteiger partial charge in [0.05, 0.1) is 0 Å². The summed E-state index contributed by atoms with van der Waals surface area (Å²) in [6, 6.07) is 0. The molecule has 0 aromatic carbocycles. The van der Waals surface area contributed by atoms with Crippen LogP contribution in [0, 0.1) is 0 Å². The Labute approximate surface area is 83.8 Å². The van der Waals surface area contributed by atoms with Crippen molar-refractivity contribution < 1.29 is 0 Å². The van der Waals surface area contributed by atoms with E-state index in [0.717, 1.165) is 13.0 Å². The molecule has 0 aromatic rings. The Bertz CT molecular complexity index is 153. The van der Waals surface area contributed by atoms with E-state index in [1.54, 1.807) is 0 Å². The second kappa shape index (κ2) is 5.31. The fourth-order valence-electron chi connectivity index (χ4n) is 1.69. The summed E-state index contributed by atoms with van der Waals surface area (Å²) in [5, 5.41) is 0. The molecule has 0 fully saturated rings. The summed E-state index contributed by atoms with van der Waals surface area (Å²) in [6.07, 6.45) is 3.65. The summed E-state index contributed by atoms with van der Waals surface area (Å²) in [7, 11) is 0. The number of allylic oxidation sites excluding steroid dienone is 1. The number of unbranched alkanes of at least 4 members (excludes halogenated alkanes) is 1. The van der Waals surface area contributed by atoms with Crippen LogP contribution in [0.5, 0.6) is 0 Å². The van der Waals surface area contributed by atoms with Crippen LogP contribution in [0.2, 0.25) is 0 Å². The van der Waals surface area contributed by atoms with Gasteiger partial charge in [0.2, 0.25) is 0 Å². The minimum absolute atomic E-state index is 0.222. The van der Waals surface area contributed by atoms with Gasteiger partial charge in [-0.3, -0.25) is 0 Å². The average Bonchev–Trinajstić information content (AvgIpc) is 1.99. The van der Waals surface area contributed by atoms with Gasteiger partial charge in [0.15, 0.2) is 0 Å². The first-order valence-electron chi connectivity index (χ1n) is 5.38. The molecule has 0 aromatic heterocycles. The van der Waals surface area contributed by atoms with Gasteiger partial charge in [-0.1, -0.05) is 19.9 Å². The predicted molar refractivity (Wildman–Crippen MR) is 60.8 cm³/mol. The lowest BCUT2D eigenvalue weighted by atomic mass is 10.0. The lowest BCUT2D eigenvalue weighted by Crippen LogP contribution is -2.40. The smallest absolute Gasteiger partial charge is 0.0314 e. The first-order chi connectivity index (χ1) is 5.93. The van der Waals surface area contributed by atoms with Crippen LogP contribution in [0.25, 0.3) is 0 Å². The van der Waals surface area contributed by atoms with Crippen LogP contribution in [-0.2, 0) is 0 Å². The van der Waals surface area contributed by atoms with Gasteiger partial charge < -0.3 is 4.90 Å². The molecule has 13 heavy (non-hydrogen) atoms. The van der Waals surface area contributed by atoms with Crippen molar-refractivity contribution in [3.63, 3.8) is 0 Å². The van der Waals surface area contributed by atoms with E-state index in [1.165, 1.54) is 18.5 Å². The van der Waals surface area contributed by atoms with Gasteiger partial charge in [-0.15, -0.1) is 0 Å². The van der Waals surface area contributed by atoms with Crippen molar-refractivity contribution in [2.24, 2.45) is 0 Å². The minimum atomic E-state index is 0.222. The summed E-state index contributed by atoms with van der Waals surface area (Å²) in [6.45, 7) is 16.4.